The molecular formula is C20H24N2O2S. The van der Waals surface area contributed by atoms with E-state index >= 15 is 0 Å². The van der Waals surface area contributed by atoms with Crippen LogP contribution in [-0.2, 0) is 22.9 Å². The van der Waals surface area contributed by atoms with Crippen molar-refractivity contribution in [3.8, 4) is 0 Å². The highest BCUT2D eigenvalue weighted by Gasteiger charge is 2.26. The number of allylic oxidation sites excluding steroid dienone is 3. The molecule has 1 fully saturated rings. The van der Waals surface area contributed by atoms with Crippen LogP contribution in [0.5, 0.6) is 0 Å². The highest BCUT2D eigenvalue weighted by Crippen LogP contribution is 2.37. The molecule has 3 aliphatic rings. The first kappa shape index (κ1) is 16.7. The molecule has 0 N–H and O–H groups in total. The van der Waals surface area contributed by atoms with Crippen LogP contribution in [0.1, 0.15) is 36.8 Å². The van der Waals surface area contributed by atoms with Gasteiger partial charge in [-0.25, -0.2) is 12.7 Å². The second-order valence-electron chi connectivity index (χ2n) is 7.13. The van der Waals surface area contributed by atoms with Crippen LogP contribution in [0.3, 0.4) is 0 Å². The van der Waals surface area contributed by atoms with Crippen LogP contribution >= 0.6 is 0 Å². The van der Waals surface area contributed by atoms with E-state index in [0.717, 1.165) is 38.5 Å². The summed E-state index contributed by atoms with van der Waals surface area (Å²) in [5, 5.41) is 0. The molecule has 2 heterocycles. The van der Waals surface area contributed by atoms with E-state index in [1.165, 1.54) is 39.8 Å². The standard InChI is InChI=1S/C20H24N2O2S/c1-25(23,24)22-12-9-16(10-13-22)18-8-11-21-20-14-17-5-3-2-4-15(17)6-7-19(18)20/h2-5,11H,6-10,12-14H2,1H3. The topological polar surface area (TPSA) is 49.7 Å². The minimum atomic E-state index is -3.07. The number of aryl methyl sites for hydroxylation is 1. The Kier molecular flexibility index (Phi) is 4.38. The van der Waals surface area contributed by atoms with Crippen LogP contribution in [0.4, 0.5) is 0 Å². The molecule has 0 saturated carbocycles. The van der Waals surface area contributed by atoms with Crippen LogP contribution < -0.4 is 0 Å². The number of piperidine rings is 1. The fraction of sp³-hybridized carbons (Fsp3) is 0.450. The summed E-state index contributed by atoms with van der Waals surface area (Å²) in [6.45, 7) is 1.22. The quantitative estimate of drug-likeness (QED) is 0.775. The summed E-state index contributed by atoms with van der Waals surface area (Å²) in [6, 6.07) is 8.67. The van der Waals surface area contributed by atoms with Crippen LogP contribution in [0, 0.1) is 0 Å². The third kappa shape index (κ3) is 3.35. The molecule has 0 unspecified atom stereocenters. The maximum atomic E-state index is 11.7. The second kappa shape index (κ2) is 6.54. The summed E-state index contributed by atoms with van der Waals surface area (Å²) >= 11 is 0. The van der Waals surface area contributed by atoms with Gasteiger partial charge in [-0.3, -0.25) is 4.99 Å². The number of benzene rings is 1. The smallest absolute Gasteiger partial charge is 0.211 e. The van der Waals surface area contributed by atoms with E-state index in [2.05, 4.69) is 24.3 Å². The zero-order valence-corrected chi connectivity index (χ0v) is 15.5. The molecule has 25 heavy (non-hydrogen) atoms. The molecule has 4 nitrogen and oxygen atoms in total. The predicted octanol–water partition coefficient (Wildman–Crippen LogP) is 3.26. The molecule has 1 saturated heterocycles. The number of hydrogen-bond acceptors (Lipinski definition) is 3. The lowest BCUT2D eigenvalue weighted by Gasteiger charge is -2.29. The number of hydrogen-bond donors (Lipinski definition) is 0. The molecule has 0 aromatic heterocycles. The lowest BCUT2D eigenvalue weighted by atomic mass is 9.87. The molecule has 0 spiro atoms. The summed E-state index contributed by atoms with van der Waals surface area (Å²) in [4.78, 5) is 4.72. The van der Waals surface area contributed by atoms with Gasteiger partial charge in [-0.15, -0.1) is 0 Å². The predicted molar refractivity (Wildman–Crippen MR) is 101 cm³/mol. The Morgan fingerprint density at radius 2 is 1.68 bits per heavy atom. The minimum Gasteiger partial charge on any atom is -0.265 e. The number of aliphatic imine (C=N–C) groups is 1. The maximum Gasteiger partial charge on any atom is 0.211 e. The Balaban J connectivity index is 1.63. The molecule has 5 heteroatoms. The average molecular weight is 356 g/mol. The van der Waals surface area contributed by atoms with Gasteiger partial charge in [-0.1, -0.05) is 29.8 Å². The highest BCUT2D eigenvalue weighted by molar-refractivity contribution is 7.88. The highest BCUT2D eigenvalue weighted by atomic mass is 32.2. The van der Waals surface area contributed by atoms with Crippen LogP contribution in [-0.4, -0.2) is 38.3 Å². The van der Waals surface area contributed by atoms with Crippen molar-refractivity contribution in [3.05, 3.63) is 57.8 Å². The Morgan fingerprint density at radius 3 is 2.40 bits per heavy atom. The summed E-state index contributed by atoms with van der Waals surface area (Å²) in [6.07, 6.45) is 8.95. The number of rotatable bonds is 1. The van der Waals surface area contributed by atoms with E-state index in [4.69, 9.17) is 4.99 Å². The largest absolute Gasteiger partial charge is 0.265 e. The van der Waals surface area contributed by atoms with Gasteiger partial charge in [0.15, 0.2) is 0 Å². The zero-order chi connectivity index (χ0) is 17.4. The molecule has 4 rings (SSSR count). The molecule has 1 aliphatic carbocycles. The third-order valence-electron chi connectivity index (χ3n) is 5.60. The third-order valence-corrected chi connectivity index (χ3v) is 6.90. The van der Waals surface area contributed by atoms with Crippen molar-refractivity contribution in [3.63, 3.8) is 0 Å². The zero-order valence-electron chi connectivity index (χ0n) is 14.7. The maximum absolute atomic E-state index is 11.7. The fourth-order valence-corrected chi connectivity index (χ4v) is 5.08. The Hall–Kier alpha value is -1.72. The van der Waals surface area contributed by atoms with Crippen LogP contribution in [0.15, 0.2) is 51.7 Å². The van der Waals surface area contributed by atoms with Gasteiger partial charge >= 0.3 is 0 Å². The minimum absolute atomic E-state index is 0.609. The van der Waals surface area contributed by atoms with Crippen molar-refractivity contribution in [1.29, 1.82) is 0 Å². The van der Waals surface area contributed by atoms with Gasteiger partial charge in [0.25, 0.3) is 0 Å². The fourth-order valence-electron chi connectivity index (χ4n) is 4.23. The molecule has 1 aromatic carbocycles. The summed E-state index contributed by atoms with van der Waals surface area (Å²) in [5.41, 5.74) is 8.33. The normalized spacial score (nSPS) is 21.8. The first-order chi connectivity index (χ1) is 12.0. The van der Waals surface area contributed by atoms with Gasteiger partial charge in [-0.05, 0) is 48.0 Å². The molecule has 0 amide bonds. The molecule has 2 aliphatic heterocycles. The Bertz CT molecular complexity index is 884. The summed E-state index contributed by atoms with van der Waals surface area (Å²) in [5.74, 6) is 0. The van der Waals surface area contributed by atoms with E-state index < -0.39 is 10.0 Å². The van der Waals surface area contributed by atoms with E-state index in [1.807, 2.05) is 6.21 Å². The van der Waals surface area contributed by atoms with Gasteiger partial charge in [-0.2, -0.15) is 0 Å². The molecule has 0 bridgehead atoms. The van der Waals surface area contributed by atoms with Crippen molar-refractivity contribution in [2.75, 3.05) is 19.3 Å². The summed E-state index contributed by atoms with van der Waals surface area (Å²) in [7, 11) is -3.07. The van der Waals surface area contributed by atoms with Gasteiger partial charge in [0.1, 0.15) is 0 Å². The van der Waals surface area contributed by atoms with E-state index in [0.29, 0.717) is 13.1 Å². The molecule has 0 atom stereocenters. The number of fused-ring (bicyclic) bond motifs is 1. The number of nitrogens with zero attached hydrogens (tertiary/aromatic N) is 2. The first-order valence-corrected chi connectivity index (χ1v) is 10.8. The first-order valence-electron chi connectivity index (χ1n) is 9.00. The SMILES string of the molecule is CS(=O)(=O)N1CCC(=C2CC=NC3=C2CCc2ccccc2C3)CC1. The molecular weight excluding hydrogens is 332 g/mol. The van der Waals surface area contributed by atoms with Crippen molar-refractivity contribution >= 4 is 16.2 Å². The van der Waals surface area contributed by atoms with E-state index in [1.54, 1.807) is 4.31 Å². The van der Waals surface area contributed by atoms with Crippen molar-refractivity contribution < 1.29 is 8.42 Å². The Morgan fingerprint density at radius 1 is 0.960 bits per heavy atom. The monoisotopic (exact) mass is 356 g/mol. The van der Waals surface area contributed by atoms with Gasteiger partial charge in [0, 0.05) is 37.8 Å². The number of sulfonamides is 1. The van der Waals surface area contributed by atoms with Gasteiger partial charge < -0.3 is 0 Å². The Labute approximate surface area is 150 Å². The van der Waals surface area contributed by atoms with Gasteiger partial charge in [0.2, 0.25) is 10.0 Å². The van der Waals surface area contributed by atoms with Crippen LogP contribution in [0.25, 0.3) is 0 Å². The molecule has 1 aromatic rings. The average Bonchev–Trinajstić information content (AvgIpc) is 2.80. The molecule has 132 valence electrons. The second-order valence-corrected chi connectivity index (χ2v) is 9.11. The van der Waals surface area contributed by atoms with Crippen molar-refractivity contribution in [2.24, 2.45) is 4.99 Å². The van der Waals surface area contributed by atoms with E-state index in [-0.39, 0.29) is 0 Å². The molecule has 0 radical (unpaired) electrons. The van der Waals surface area contributed by atoms with Gasteiger partial charge in [0.05, 0.1) is 6.26 Å². The van der Waals surface area contributed by atoms with Crippen molar-refractivity contribution in [2.45, 2.75) is 38.5 Å². The van der Waals surface area contributed by atoms with E-state index in [9.17, 15) is 8.42 Å². The lowest BCUT2D eigenvalue weighted by molar-refractivity contribution is 0.388. The lowest BCUT2D eigenvalue weighted by Crippen LogP contribution is -2.35. The van der Waals surface area contributed by atoms with Crippen LogP contribution in [0.2, 0.25) is 0 Å². The van der Waals surface area contributed by atoms with Crippen molar-refractivity contribution in [1.82, 2.24) is 4.31 Å². The summed E-state index contributed by atoms with van der Waals surface area (Å²) < 4.78 is 25.1.